The fraction of sp³-hybridized carbons (Fsp3) is 0.125. The summed E-state index contributed by atoms with van der Waals surface area (Å²) < 4.78 is 14.0. The van der Waals surface area contributed by atoms with Crippen LogP contribution in [0.2, 0.25) is 5.15 Å². The van der Waals surface area contributed by atoms with Gasteiger partial charge in [-0.2, -0.15) is 5.26 Å². The fourth-order valence-electron chi connectivity index (χ4n) is 2.18. The lowest BCUT2D eigenvalue weighted by Crippen LogP contribution is -2.22. The van der Waals surface area contributed by atoms with Crippen LogP contribution in [0.1, 0.15) is 11.1 Å². The van der Waals surface area contributed by atoms with Crippen molar-refractivity contribution in [2.45, 2.75) is 6.92 Å². The van der Waals surface area contributed by atoms with Crippen molar-refractivity contribution in [1.29, 1.82) is 5.26 Å². The molecular weight excluding hydrogens is 365 g/mol. The number of nitrogens with one attached hydrogen (secondary N) is 2. The zero-order chi connectivity index (χ0) is 18.0. The van der Waals surface area contributed by atoms with Gasteiger partial charge in [0.2, 0.25) is 5.91 Å². The standard InChI is InChI=1S/C16H11ClFN5OS/c1-8-4-9(6-19)5-10(18)14(8)23-13(24)7-20-16-21-11-2-3-12(17)22-15(11)25-16/h2-5H,7H2,1H3,(H,20,21)(H,23,24). The normalized spacial score (nSPS) is 10.5. The quantitative estimate of drug-likeness (QED) is 0.678. The number of nitrogens with zero attached hydrogens (tertiary/aromatic N) is 3. The second-order valence-electron chi connectivity index (χ2n) is 5.14. The molecule has 0 aliphatic rings. The Morgan fingerprint density at radius 2 is 2.20 bits per heavy atom. The Bertz CT molecular complexity index is 990. The summed E-state index contributed by atoms with van der Waals surface area (Å²) in [5.74, 6) is -1.08. The summed E-state index contributed by atoms with van der Waals surface area (Å²) in [6.45, 7) is 1.53. The molecule has 6 nitrogen and oxygen atoms in total. The van der Waals surface area contributed by atoms with E-state index in [1.807, 2.05) is 6.07 Å². The number of nitriles is 1. The molecule has 0 spiro atoms. The highest BCUT2D eigenvalue weighted by molar-refractivity contribution is 7.21. The van der Waals surface area contributed by atoms with E-state index in [1.54, 1.807) is 19.1 Å². The van der Waals surface area contributed by atoms with Gasteiger partial charge in [0.1, 0.15) is 21.3 Å². The fourth-order valence-corrected chi connectivity index (χ4v) is 3.21. The number of halogens is 2. The van der Waals surface area contributed by atoms with Crippen LogP contribution in [0.5, 0.6) is 0 Å². The maximum Gasteiger partial charge on any atom is 0.243 e. The van der Waals surface area contributed by atoms with Crippen molar-refractivity contribution >= 4 is 50.0 Å². The van der Waals surface area contributed by atoms with Crippen LogP contribution in [0.25, 0.3) is 10.3 Å². The number of anilines is 2. The van der Waals surface area contributed by atoms with E-state index in [-0.39, 0.29) is 17.8 Å². The Kier molecular flexibility index (Phi) is 4.79. The van der Waals surface area contributed by atoms with Crippen LogP contribution in [0.3, 0.4) is 0 Å². The lowest BCUT2D eigenvalue weighted by Gasteiger charge is -2.10. The number of pyridine rings is 1. The van der Waals surface area contributed by atoms with Gasteiger partial charge in [-0.1, -0.05) is 22.9 Å². The van der Waals surface area contributed by atoms with E-state index in [0.29, 0.717) is 26.2 Å². The predicted molar refractivity (Wildman–Crippen MR) is 95.4 cm³/mol. The van der Waals surface area contributed by atoms with Gasteiger partial charge in [-0.15, -0.1) is 0 Å². The van der Waals surface area contributed by atoms with E-state index in [1.165, 1.54) is 17.4 Å². The summed E-state index contributed by atoms with van der Waals surface area (Å²) in [5, 5.41) is 15.1. The summed E-state index contributed by atoms with van der Waals surface area (Å²) in [6.07, 6.45) is 0. The molecule has 3 rings (SSSR count). The van der Waals surface area contributed by atoms with E-state index in [9.17, 15) is 9.18 Å². The molecule has 0 radical (unpaired) electrons. The lowest BCUT2D eigenvalue weighted by molar-refractivity contribution is -0.114. The second kappa shape index (κ2) is 7.01. The first-order valence-electron chi connectivity index (χ1n) is 7.13. The number of hydrogen-bond donors (Lipinski definition) is 2. The number of fused-ring (bicyclic) bond motifs is 1. The molecule has 0 aliphatic carbocycles. The summed E-state index contributed by atoms with van der Waals surface area (Å²) in [4.78, 5) is 21.1. The number of rotatable bonds is 4. The third-order valence-electron chi connectivity index (χ3n) is 3.30. The van der Waals surface area contributed by atoms with Crippen LogP contribution >= 0.6 is 22.9 Å². The molecule has 1 amide bonds. The van der Waals surface area contributed by atoms with Crippen molar-refractivity contribution in [3.63, 3.8) is 0 Å². The minimum atomic E-state index is -0.649. The van der Waals surface area contributed by atoms with Gasteiger partial charge in [-0.25, -0.2) is 14.4 Å². The molecule has 0 saturated carbocycles. The molecule has 2 heterocycles. The van der Waals surface area contributed by atoms with E-state index in [0.717, 1.165) is 6.07 Å². The van der Waals surface area contributed by atoms with Crippen LogP contribution in [0.4, 0.5) is 15.2 Å². The van der Waals surface area contributed by atoms with Crippen LogP contribution in [-0.4, -0.2) is 22.4 Å². The number of carbonyl (C=O) groups excluding carboxylic acids is 1. The van der Waals surface area contributed by atoms with Gasteiger partial charge < -0.3 is 10.6 Å². The number of carbonyl (C=O) groups is 1. The minimum Gasteiger partial charge on any atom is -0.352 e. The summed E-state index contributed by atoms with van der Waals surface area (Å²) >= 11 is 7.09. The van der Waals surface area contributed by atoms with Gasteiger partial charge in [0.15, 0.2) is 5.13 Å². The molecule has 0 aliphatic heterocycles. The zero-order valence-electron chi connectivity index (χ0n) is 12.9. The topological polar surface area (TPSA) is 90.7 Å². The van der Waals surface area contributed by atoms with Crippen molar-refractivity contribution in [2.24, 2.45) is 0 Å². The highest BCUT2D eigenvalue weighted by Gasteiger charge is 2.12. The molecule has 2 N–H and O–H groups in total. The maximum atomic E-state index is 14.0. The van der Waals surface area contributed by atoms with Crippen molar-refractivity contribution < 1.29 is 9.18 Å². The van der Waals surface area contributed by atoms with Crippen LogP contribution in [0.15, 0.2) is 24.3 Å². The molecule has 0 unspecified atom stereocenters. The molecule has 2 aromatic heterocycles. The summed E-state index contributed by atoms with van der Waals surface area (Å²) in [7, 11) is 0. The zero-order valence-corrected chi connectivity index (χ0v) is 14.5. The van der Waals surface area contributed by atoms with Crippen LogP contribution in [-0.2, 0) is 4.79 Å². The summed E-state index contributed by atoms with van der Waals surface area (Å²) in [6, 6.07) is 7.83. The molecule has 1 aromatic carbocycles. The van der Waals surface area contributed by atoms with E-state index >= 15 is 0 Å². The van der Waals surface area contributed by atoms with Crippen molar-refractivity contribution in [1.82, 2.24) is 9.97 Å². The van der Waals surface area contributed by atoms with Gasteiger partial charge in [0.25, 0.3) is 0 Å². The Morgan fingerprint density at radius 1 is 1.40 bits per heavy atom. The highest BCUT2D eigenvalue weighted by Crippen LogP contribution is 2.25. The molecule has 0 bridgehead atoms. The third kappa shape index (κ3) is 3.84. The Labute approximate surface area is 151 Å². The molecule has 9 heteroatoms. The van der Waals surface area contributed by atoms with Crippen LogP contribution < -0.4 is 10.6 Å². The molecule has 3 aromatic rings. The molecule has 0 saturated heterocycles. The number of benzene rings is 1. The average Bonchev–Trinajstić information content (AvgIpc) is 2.98. The minimum absolute atomic E-state index is 0.0588. The molecule has 0 fully saturated rings. The highest BCUT2D eigenvalue weighted by atomic mass is 35.5. The Balaban J connectivity index is 1.67. The maximum absolute atomic E-state index is 14.0. The van der Waals surface area contributed by atoms with Gasteiger partial charge >= 0.3 is 0 Å². The smallest absolute Gasteiger partial charge is 0.243 e. The first kappa shape index (κ1) is 17.1. The predicted octanol–water partition coefficient (Wildman–Crippen LogP) is 3.71. The molecular formula is C16H11ClFN5OS. The number of thiazole rings is 1. The van der Waals surface area contributed by atoms with Gasteiger partial charge in [-0.05, 0) is 36.8 Å². The SMILES string of the molecule is Cc1cc(C#N)cc(F)c1NC(=O)CNc1nc2ccc(Cl)nc2s1. The number of hydrogen-bond acceptors (Lipinski definition) is 6. The first-order valence-corrected chi connectivity index (χ1v) is 8.33. The average molecular weight is 376 g/mol. The largest absolute Gasteiger partial charge is 0.352 e. The monoisotopic (exact) mass is 375 g/mol. The van der Waals surface area contributed by atoms with Gasteiger partial charge in [0, 0.05) is 0 Å². The number of aromatic nitrogens is 2. The Hall–Kier alpha value is -2.76. The second-order valence-corrected chi connectivity index (χ2v) is 6.51. The molecule has 126 valence electrons. The molecule has 0 atom stereocenters. The van der Waals surface area contributed by atoms with Crippen molar-refractivity contribution in [3.8, 4) is 6.07 Å². The van der Waals surface area contributed by atoms with Crippen molar-refractivity contribution in [3.05, 3.63) is 46.4 Å². The molecule has 25 heavy (non-hydrogen) atoms. The number of aryl methyl sites for hydroxylation is 1. The number of amides is 1. The van der Waals surface area contributed by atoms with E-state index < -0.39 is 11.7 Å². The third-order valence-corrected chi connectivity index (χ3v) is 4.44. The van der Waals surface area contributed by atoms with Gasteiger partial charge in [-0.3, -0.25) is 4.79 Å². The van der Waals surface area contributed by atoms with E-state index in [4.69, 9.17) is 16.9 Å². The van der Waals surface area contributed by atoms with Crippen molar-refractivity contribution in [2.75, 3.05) is 17.2 Å². The van der Waals surface area contributed by atoms with Gasteiger partial charge in [0.05, 0.1) is 23.9 Å². The first-order chi connectivity index (χ1) is 12.0. The Morgan fingerprint density at radius 3 is 2.92 bits per heavy atom. The van der Waals surface area contributed by atoms with Crippen LogP contribution in [0, 0.1) is 24.1 Å². The lowest BCUT2D eigenvalue weighted by atomic mass is 10.1. The summed E-state index contributed by atoms with van der Waals surface area (Å²) in [5.41, 5.74) is 1.41. The van der Waals surface area contributed by atoms with E-state index in [2.05, 4.69) is 20.6 Å².